The molecular formula is C53H50F2N14O2. The smallest absolute Gasteiger partial charge is 0.248 e. The Kier molecular flexibility index (Phi) is 14.2. The van der Waals surface area contributed by atoms with Gasteiger partial charge in [-0.2, -0.15) is 0 Å². The van der Waals surface area contributed by atoms with Crippen molar-refractivity contribution in [3.8, 4) is 22.3 Å². The average molecular weight is 953 g/mol. The van der Waals surface area contributed by atoms with Gasteiger partial charge in [0.05, 0.1) is 34.8 Å². The third-order valence-corrected chi connectivity index (χ3v) is 12.1. The predicted octanol–water partition coefficient (Wildman–Crippen LogP) is 7.31. The lowest BCUT2D eigenvalue weighted by molar-refractivity contribution is -0.114. The Balaban J connectivity index is 0.000000176. The molecule has 4 aromatic heterocycles. The first-order chi connectivity index (χ1) is 34.4. The van der Waals surface area contributed by atoms with Crippen LogP contribution in [-0.2, 0) is 9.59 Å². The summed E-state index contributed by atoms with van der Waals surface area (Å²) in [7, 11) is 2.12. The van der Waals surface area contributed by atoms with Crippen molar-refractivity contribution in [1.29, 1.82) is 0 Å². The maximum Gasteiger partial charge on any atom is 0.248 e. The molecule has 0 atom stereocenters. The van der Waals surface area contributed by atoms with E-state index in [1.165, 1.54) is 18.2 Å². The van der Waals surface area contributed by atoms with Crippen LogP contribution < -0.4 is 37.2 Å². The molecule has 2 aliphatic heterocycles. The van der Waals surface area contributed by atoms with Gasteiger partial charge in [-0.3, -0.25) is 9.59 Å². The molecule has 8 aromatic rings. The second kappa shape index (κ2) is 21.3. The normalized spacial score (nSPS) is 14.0. The lowest BCUT2D eigenvalue weighted by atomic mass is 9.97. The fraction of sp³-hybridized carbons (Fsp3) is 0.170. The summed E-state index contributed by atoms with van der Waals surface area (Å²) < 4.78 is 30.1. The van der Waals surface area contributed by atoms with Gasteiger partial charge >= 0.3 is 0 Å². The fourth-order valence-corrected chi connectivity index (χ4v) is 8.28. The van der Waals surface area contributed by atoms with Gasteiger partial charge in [0.25, 0.3) is 0 Å². The Morgan fingerprint density at radius 3 is 1.70 bits per heavy atom. The Bertz CT molecular complexity index is 3280. The number of nitrogens with two attached hydrogens (primary N) is 2. The molecule has 4 aromatic carbocycles. The van der Waals surface area contributed by atoms with Crippen LogP contribution in [0.15, 0.2) is 135 Å². The number of amides is 2. The van der Waals surface area contributed by atoms with E-state index >= 15 is 8.78 Å². The first-order valence-electron chi connectivity index (χ1n) is 22.9. The molecule has 16 nitrogen and oxygen atoms in total. The molecule has 2 fully saturated rings. The second-order valence-electron chi connectivity index (χ2n) is 17.0. The third kappa shape index (κ3) is 11.3. The number of likely N-dealkylation sites (N-methyl/N-ethyl adjacent to an activating group) is 1. The number of anilines is 6. The highest BCUT2D eigenvalue weighted by Gasteiger charge is 2.19. The van der Waals surface area contributed by atoms with E-state index in [2.05, 4.69) is 74.2 Å². The van der Waals surface area contributed by atoms with Crippen molar-refractivity contribution in [2.24, 2.45) is 11.5 Å². The summed E-state index contributed by atoms with van der Waals surface area (Å²) in [5.41, 5.74) is 16.2. The Labute approximate surface area is 408 Å². The summed E-state index contributed by atoms with van der Waals surface area (Å²) in [5.74, 6) is 0.484. The SMILES string of the molecule is C=C(C(N)=O)c1cccc(-c2c(F)ccc3cnc(Nc4ccc(N5CCN(C)CC5)nc4)nc23)c1.NC(=O)C=Cc1cccc(-c2c(F)ccc3cnc(Nc4ccc(N5CCNCC5)nc4)nc23)c1. The zero-order chi connectivity index (χ0) is 49.4. The fourth-order valence-electron chi connectivity index (χ4n) is 8.28. The van der Waals surface area contributed by atoms with Crippen LogP contribution in [0.4, 0.5) is 43.7 Å². The molecule has 18 heteroatoms. The van der Waals surface area contributed by atoms with E-state index in [-0.39, 0.29) is 5.57 Å². The van der Waals surface area contributed by atoms with Crippen LogP contribution in [-0.4, -0.2) is 106 Å². The number of nitrogens with zero attached hydrogens (tertiary/aromatic N) is 9. The molecule has 2 saturated heterocycles. The number of halogens is 2. The lowest BCUT2D eigenvalue weighted by Crippen LogP contribution is -2.44. The quantitative estimate of drug-likeness (QED) is 0.0762. The molecule has 0 unspecified atom stereocenters. The van der Waals surface area contributed by atoms with E-state index in [4.69, 9.17) is 11.5 Å². The number of carbonyl (C=O) groups is 2. The van der Waals surface area contributed by atoms with E-state index < -0.39 is 23.4 Å². The number of aromatic nitrogens is 6. The van der Waals surface area contributed by atoms with Gasteiger partial charge in [0.1, 0.15) is 23.3 Å². The van der Waals surface area contributed by atoms with Crippen LogP contribution >= 0.6 is 0 Å². The third-order valence-electron chi connectivity index (χ3n) is 12.1. The van der Waals surface area contributed by atoms with E-state index in [0.29, 0.717) is 61.5 Å². The number of benzene rings is 4. The minimum absolute atomic E-state index is 0.155. The van der Waals surface area contributed by atoms with Gasteiger partial charge in [-0.1, -0.05) is 43.0 Å². The molecule has 358 valence electrons. The topological polar surface area (TPSA) is 209 Å². The largest absolute Gasteiger partial charge is 0.366 e. The van der Waals surface area contributed by atoms with Crippen LogP contribution in [0.2, 0.25) is 0 Å². The molecule has 0 aliphatic carbocycles. The molecule has 71 heavy (non-hydrogen) atoms. The van der Waals surface area contributed by atoms with Gasteiger partial charge in [-0.15, -0.1) is 0 Å². The van der Waals surface area contributed by atoms with Gasteiger partial charge < -0.3 is 42.1 Å². The highest BCUT2D eigenvalue weighted by molar-refractivity contribution is 6.18. The molecule has 2 amide bonds. The number of pyridine rings is 2. The highest BCUT2D eigenvalue weighted by Crippen LogP contribution is 2.34. The summed E-state index contributed by atoms with van der Waals surface area (Å²) in [4.78, 5) is 56.6. The first-order valence-corrected chi connectivity index (χ1v) is 22.9. The average Bonchev–Trinajstić information content (AvgIpc) is 3.39. The number of nitrogens with one attached hydrogen (secondary N) is 3. The zero-order valence-electron chi connectivity index (χ0n) is 38.8. The van der Waals surface area contributed by atoms with Crippen molar-refractivity contribution in [2.75, 3.05) is 79.8 Å². The number of piperazine rings is 2. The van der Waals surface area contributed by atoms with Crippen molar-refractivity contribution < 1.29 is 18.4 Å². The molecule has 10 rings (SSSR count). The summed E-state index contributed by atoms with van der Waals surface area (Å²) in [6, 6.07) is 27.9. The van der Waals surface area contributed by atoms with Gasteiger partial charge in [0.15, 0.2) is 0 Å². The van der Waals surface area contributed by atoms with Gasteiger partial charge in [0, 0.05) is 98.3 Å². The van der Waals surface area contributed by atoms with Crippen molar-refractivity contribution in [2.45, 2.75) is 0 Å². The van der Waals surface area contributed by atoms with Crippen molar-refractivity contribution in [3.63, 3.8) is 0 Å². The summed E-state index contributed by atoms with van der Waals surface area (Å²) >= 11 is 0. The van der Waals surface area contributed by atoms with E-state index in [0.717, 1.165) is 80.9 Å². The lowest BCUT2D eigenvalue weighted by Gasteiger charge is -2.33. The molecule has 0 radical (unpaired) electrons. The Morgan fingerprint density at radius 1 is 0.648 bits per heavy atom. The van der Waals surface area contributed by atoms with Crippen LogP contribution in [0.25, 0.3) is 55.7 Å². The van der Waals surface area contributed by atoms with Crippen LogP contribution in [0, 0.1) is 11.6 Å². The second-order valence-corrected chi connectivity index (χ2v) is 17.0. The molecule has 6 heterocycles. The molecule has 0 spiro atoms. The van der Waals surface area contributed by atoms with E-state index in [1.54, 1.807) is 85.5 Å². The molecule has 7 N–H and O–H groups in total. The molecular weight excluding hydrogens is 903 g/mol. The van der Waals surface area contributed by atoms with Crippen LogP contribution in [0.3, 0.4) is 0 Å². The monoisotopic (exact) mass is 952 g/mol. The van der Waals surface area contributed by atoms with Crippen LogP contribution in [0.5, 0.6) is 0 Å². The Morgan fingerprint density at radius 2 is 1.18 bits per heavy atom. The van der Waals surface area contributed by atoms with Gasteiger partial charge in [-0.25, -0.2) is 38.7 Å². The highest BCUT2D eigenvalue weighted by atomic mass is 19.1. The van der Waals surface area contributed by atoms with Crippen molar-refractivity contribution in [3.05, 3.63) is 157 Å². The molecule has 0 saturated carbocycles. The van der Waals surface area contributed by atoms with Crippen molar-refractivity contribution >= 4 is 80.2 Å². The van der Waals surface area contributed by atoms with Gasteiger partial charge in [-0.05, 0) is 96.0 Å². The predicted molar refractivity (Wildman–Crippen MR) is 276 cm³/mol. The maximum absolute atomic E-state index is 15.1. The number of rotatable bonds is 12. The van der Waals surface area contributed by atoms with Crippen LogP contribution in [0.1, 0.15) is 11.1 Å². The minimum Gasteiger partial charge on any atom is -0.366 e. The molecule has 0 bridgehead atoms. The number of primary amides is 2. The van der Waals surface area contributed by atoms with Crippen molar-refractivity contribution in [1.82, 2.24) is 40.1 Å². The standard InChI is InChI=1S/C27H26FN7O.C26H24FN7O/c1-17(26(29)36)18-4-3-5-19(14-18)24-22(28)8-6-20-15-31-27(33-25(20)24)32-21-7-9-23(30-16-21)35-12-10-34(2)11-13-35;27-21-7-5-19-15-31-26(32-20-6-9-23(30-16-20)34-12-10-29-11-13-34)33-25(19)24(21)18-3-1-2-17(14-18)4-8-22(28)35/h3-9,14-16H,1,10-13H2,2H3,(H2,29,36)(H,31,32,33);1-9,14-16,29H,10-13H2,(H2,28,35)(H,31,32,33). The summed E-state index contributed by atoms with van der Waals surface area (Å²) in [6.45, 7) is 11.3. The summed E-state index contributed by atoms with van der Waals surface area (Å²) in [5, 5.41) is 11.1. The first kappa shape index (κ1) is 47.3. The maximum atomic E-state index is 15.1. The number of fused-ring (bicyclic) bond motifs is 2. The Hall–Kier alpha value is -8.74. The zero-order valence-corrected chi connectivity index (χ0v) is 38.8. The number of carbonyl (C=O) groups excluding carboxylic acids is 2. The van der Waals surface area contributed by atoms with Gasteiger partial charge in [0.2, 0.25) is 23.7 Å². The number of hydrogen-bond acceptors (Lipinski definition) is 14. The van der Waals surface area contributed by atoms with E-state index in [1.807, 2.05) is 30.3 Å². The van der Waals surface area contributed by atoms with E-state index in [9.17, 15) is 9.59 Å². The summed E-state index contributed by atoms with van der Waals surface area (Å²) in [6.07, 6.45) is 9.65. The minimum atomic E-state index is -0.633. The molecule has 2 aliphatic rings. The number of hydrogen-bond donors (Lipinski definition) is 5.